The number of halogens is 1. The van der Waals surface area contributed by atoms with Crippen LogP contribution < -0.4 is 10.1 Å². The summed E-state index contributed by atoms with van der Waals surface area (Å²) in [6.07, 6.45) is 2.20. The van der Waals surface area contributed by atoms with Crippen LogP contribution in [0.5, 0.6) is 5.75 Å². The second-order valence-corrected chi connectivity index (χ2v) is 5.30. The van der Waals surface area contributed by atoms with E-state index in [0.29, 0.717) is 12.0 Å². The van der Waals surface area contributed by atoms with Gasteiger partial charge in [-0.1, -0.05) is 36.2 Å². The van der Waals surface area contributed by atoms with Gasteiger partial charge in [0, 0.05) is 10.5 Å². The van der Waals surface area contributed by atoms with Crippen molar-refractivity contribution >= 4 is 15.9 Å². The lowest BCUT2D eigenvalue weighted by atomic mass is 9.93. The van der Waals surface area contributed by atoms with Gasteiger partial charge in [-0.05, 0) is 43.1 Å². The molecule has 17 heavy (non-hydrogen) atoms. The fourth-order valence-electron chi connectivity index (χ4n) is 1.94. The largest absolute Gasteiger partial charge is 0.497 e. The van der Waals surface area contributed by atoms with Gasteiger partial charge >= 0.3 is 0 Å². The number of hydrogen-bond acceptors (Lipinski definition) is 2. The summed E-state index contributed by atoms with van der Waals surface area (Å²) in [4.78, 5) is 0. The predicted octanol–water partition coefficient (Wildman–Crippen LogP) is 3.63. The average Bonchev–Trinajstić information content (AvgIpc) is 2.36. The standard InChI is InChI=1S/C14H22BrNO/c1-5-10(2)14(16-3)9-11-8-12(17-4)6-7-13(11)15/h6-8,10,14,16H,5,9H2,1-4H3. The number of nitrogens with one attached hydrogen (secondary N) is 1. The van der Waals surface area contributed by atoms with E-state index in [0.717, 1.165) is 16.6 Å². The normalized spacial score (nSPS) is 14.4. The molecule has 2 unspecified atom stereocenters. The zero-order chi connectivity index (χ0) is 12.8. The van der Waals surface area contributed by atoms with Crippen LogP contribution in [0.25, 0.3) is 0 Å². The Morgan fingerprint density at radius 1 is 1.41 bits per heavy atom. The van der Waals surface area contributed by atoms with Crippen molar-refractivity contribution in [2.24, 2.45) is 5.92 Å². The molecule has 1 N–H and O–H groups in total. The zero-order valence-electron chi connectivity index (χ0n) is 11.1. The highest BCUT2D eigenvalue weighted by Crippen LogP contribution is 2.25. The van der Waals surface area contributed by atoms with Gasteiger partial charge in [-0.15, -0.1) is 0 Å². The quantitative estimate of drug-likeness (QED) is 0.866. The number of likely N-dealkylation sites (N-methyl/N-ethyl adjacent to an activating group) is 1. The minimum atomic E-state index is 0.503. The molecule has 0 heterocycles. The molecule has 0 bridgehead atoms. The van der Waals surface area contributed by atoms with Crippen LogP contribution >= 0.6 is 15.9 Å². The van der Waals surface area contributed by atoms with Crippen LogP contribution in [0.4, 0.5) is 0 Å². The van der Waals surface area contributed by atoms with Crippen molar-refractivity contribution in [3.8, 4) is 5.75 Å². The van der Waals surface area contributed by atoms with Gasteiger partial charge in [0.1, 0.15) is 5.75 Å². The van der Waals surface area contributed by atoms with E-state index in [1.54, 1.807) is 7.11 Å². The Morgan fingerprint density at radius 3 is 2.65 bits per heavy atom. The van der Waals surface area contributed by atoms with Crippen molar-refractivity contribution in [3.05, 3.63) is 28.2 Å². The van der Waals surface area contributed by atoms with Crippen LogP contribution in [0.2, 0.25) is 0 Å². The second-order valence-electron chi connectivity index (χ2n) is 4.44. The smallest absolute Gasteiger partial charge is 0.119 e. The van der Waals surface area contributed by atoms with Gasteiger partial charge in [0.2, 0.25) is 0 Å². The Kier molecular flexibility index (Phi) is 6.00. The lowest BCUT2D eigenvalue weighted by Gasteiger charge is -2.23. The molecule has 0 saturated heterocycles. The van der Waals surface area contributed by atoms with E-state index in [-0.39, 0.29) is 0 Å². The topological polar surface area (TPSA) is 21.3 Å². The molecule has 0 aliphatic carbocycles. The molecule has 1 aromatic carbocycles. The first-order valence-corrected chi connectivity index (χ1v) is 6.91. The summed E-state index contributed by atoms with van der Waals surface area (Å²) in [5.74, 6) is 1.58. The monoisotopic (exact) mass is 299 g/mol. The van der Waals surface area contributed by atoms with E-state index in [9.17, 15) is 0 Å². The number of rotatable bonds is 6. The highest BCUT2D eigenvalue weighted by molar-refractivity contribution is 9.10. The average molecular weight is 300 g/mol. The number of ether oxygens (including phenoxy) is 1. The Labute approximate surface area is 113 Å². The van der Waals surface area contributed by atoms with Gasteiger partial charge in [0.25, 0.3) is 0 Å². The summed E-state index contributed by atoms with van der Waals surface area (Å²) in [7, 11) is 3.74. The predicted molar refractivity (Wildman–Crippen MR) is 76.7 cm³/mol. The van der Waals surface area contributed by atoms with E-state index in [1.165, 1.54) is 12.0 Å². The summed E-state index contributed by atoms with van der Waals surface area (Å²) >= 11 is 3.61. The third-order valence-electron chi connectivity index (χ3n) is 3.39. The van der Waals surface area contributed by atoms with Gasteiger partial charge in [-0.2, -0.15) is 0 Å². The van der Waals surface area contributed by atoms with E-state index in [2.05, 4.69) is 47.2 Å². The molecule has 2 atom stereocenters. The van der Waals surface area contributed by atoms with Crippen LogP contribution in [0.3, 0.4) is 0 Å². The minimum Gasteiger partial charge on any atom is -0.497 e. The van der Waals surface area contributed by atoms with Gasteiger partial charge in [0.05, 0.1) is 7.11 Å². The Bertz CT molecular complexity index is 354. The molecule has 3 heteroatoms. The third-order valence-corrected chi connectivity index (χ3v) is 4.17. The van der Waals surface area contributed by atoms with Crippen molar-refractivity contribution in [2.45, 2.75) is 32.7 Å². The van der Waals surface area contributed by atoms with Crippen LogP contribution in [-0.2, 0) is 6.42 Å². The molecule has 0 fully saturated rings. The van der Waals surface area contributed by atoms with Crippen molar-refractivity contribution in [2.75, 3.05) is 14.2 Å². The molecule has 0 aromatic heterocycles. The van der Waals surface area contributed by atoms with Crippen LogP contribution in [0.15, 0.2) is 22.7 Å². The Balaban J connectivity index is 2.84. The van der Waals surface area contributed by atoms with E-state index >= 15 is 0 Å². The first-order valence-electron chi connectivity index (χ1n) is 6.12. The Hall–Kier alpha value is -0.540. The number of methoxy groups -OCH3 is 1. The van der Waals surface area contributed by atoms with Gasteiger partial charge in [-0.3, -0.25) is 0 Å². The fraction of sp³-hybridized carbons (Fsp3) is 0.571. The molecular formula is C14H22BrNO. The first kappa shape index (κ1) is 14.5. The van der Waals surface area contributed by atoms with E-state index in [4.69, 9.17) is 4.74 Å². The minimum absolute atomic E-state index is 0.503. The number of benzene rings is 1. The summed E-state index contributed by atoms with van der Waals surface area (Å²) in [5, 5.41) is 3.40. The lowest BCUT2D eigenvalue weighted by molar-refractivity contribution is 0.384. The molecule has 2 nitrogen and oxygen atoms in total. The molecule has 0 spiro atoms. The first-order chi connectivity index (χ1) is 8.12. The summed E-state index contributed by atoms with van der Waals surface area (Å²) in [6, 6.07) is 6.64. The maximum atomic E-state index is 5.27. The highest BCUT2D eigenvalue weighted by atomic mass is 79.9. The van der Waals surface area contributed by atoms with Gasteiger partial charge in [-0.25, -0.2) is 0 Å². The molecular weight excluding hydrogens is 278 g/mol. The summed E-state index contributed by atoms with van der Waals surface area (Å²) in [6.45, 7) is 4.52. The Morgan fingerprint density at radius 2 is 2.12 bits per heavy atom. The molecule has 0 amide bonds. The summed E-state index contributed by atoms with van der Waals surface area (Å²) in [5.41, 5.74) is 1.30. The SMILES string of the molecule is CCC(C)C(Cc1cc(OC)ccc1Br)NC. The van der Waals surface area contributed by atoms with Gasteiger partial charge < -0.3 is 10.1 Å². The van der Waals surface area contributed by atoms with Crippen molar-refractivity contribution < 1.29 is 4.74 Å². The number of hydrogen-bond donors (Lipinski definition) is 1. The van der Waals surface area contributed by atoms with E-state index in [1.807, 2.05) is 13.1 Å². The second kappa shape index (κ2) is 7.02. The summed E-state index contributed by atoms with van der Waals surface area (Å²) < 4.78 is 6.43. The molecule has 96 valence electrons. The maximum Gasteiger partial charge on any atom is 0.119 e. The van der Waals surface area contributed by atoms with Crippen LogP contribution in [0, 0.1) is 5.92 Å². The molecule has 0 radical (unpaired) electrons. The maximum absolute atomic E-state index is 5.27. The highest BCUT2D eigenvalue weighted by Gasteiger charge is 2.15. The van der Waals surface area contributed by atoms with Crippen molar-refractivity contribution in [1.82, 2.24) is 5.32 Å². The third kappa shape index (κ3) is 4.00. The van der Waals surface area contributed by atoms with Crippen molar-refractivity contribution in [3.63, 3.8) is 0 Å². The molecule has 1 aromatic rings. The van der Waals surface area contributed by atoms with Crippen molar-refractivity contribution in [1.29, 1.82) is 0 Å². The fourth-order valence-corrected chi connectivity index (χ4v) is 2.35. The molecule has 1 rings (SSSR count). The molecule has 0 aliphatic rings. The zero-order valence-corrected chi connectivity index (χ0v) is 12.7. The van der Waals surface area contributed by atoms with Gasteiger partial charge in [0.15, 0.2) is 0 Å². The van der Waals surface area contributed by atoms with Crippen LogP contribution in [-0.4, -0.2) is 20.2 Å². The van der Waals surface area contributed by atoms with E-state index < -0.39 is 0 Å². The van der Waals surface area contributed by atoms with Crippen LogP contribution in [0.1, 0.15) is 25.8 Å². The molecule has 0 aliphatic heterocycles. The molecule has 0 saturated carbocycles. The lowest BCUT2D eigenvalue weighted by Crippen LogP contribution is -2.34.